The molecule has 1 aliphatic rings. The topological polar surface area (TPSA) is 81.9 Å². The molecular weight excluding hydrogens is 408 g/mol. The van der Waals surface area contributed by atoms with Crippen LogP contribution in [0.2, 0.25) is 0 Å². The Hall–Kier alpha value is -3.30. The highest BCUT2D eigenvalue weighted by molar-refractivity contribution is 5.99. The summed E-state index contributed by atoms with van der Waals surface area (Å²) in [5.41, 5.74) is 4.15. The van der Waals surface area contributed by atoms with Crippen molar-refractivity contribution in [3.05, 3.63) is 58.2 Å². The van der Waals surface area contributed by atoms with Crippen molar-refractivity contribution in [2.45, 2.75) is 25.9 Å². The summed E-state index contributed by atoms with van der Waals surface area (Å²) >= 11 is 0. The molecule has 0 spiro atoms. The molecule has 30 heavy (non-hydrogen) atoms. The number of hydrogen-bond acceptors (Lipinski definition) is 4. The minimum absolute atomic E-state index is 0.295. The lowest BCUT2D eigenvalue weighted by Crippen LogP contribution is -2.32. The molecule has 0 saturated carbocycles. The molecular formula is C20H18F4N2O4. The highest BCUT2D eigenvalue weighted by atomic mass is 19.2. The summed E-state index contributed by atoms with van der Waals surface area (Å²) < 4.78 is 66.3. The molecule has 1 atom stereocenters. The van der Waals surface area contributed by atoms with Crippen LogP contribution >= 0.6 is 0 Å². The van der Waals surface area contributed by atoms with Crippen molar-refractivity contribution >= 4 is 11.8 Å². The van der Waals surface area contributed by atoms with E-state index in [2.05, 4.69) is 0 Å². The Balaban J connectivity index is 2.09. The van der Waals surface area contributed by atoms with E-state index in [1.807, 2.05) is 0 Å². The first-order chi connectivity index (χ1) is 14.2. The first-order valence-corrected chi connectivity index (χ1v) is 8.96. The standard InChI is InChI=1S/C20H18F4N2O4/c1-3-30-13-6-9(4-5-12(13)29-2)11(7-14(25)27)26-8-10-15(20(26)28)17(22)19(24)18(23)16(10)21/h4-6,11H,3,7-8H2,1-2H3,(H2,25,27). The van der Waals surface area contributed by atoms with Crippen molar-refractivity contribution in [2.24, 2.45) is 5.73 Å². The number of hydrogen-bond donors (Lipinski definition) is 1. The zero-order chi connectivity index (χ0) is 22.2. The highest BCUT2D eigenvalue weighted by Gasteiger charge is 2.41. The second-order valence-electron chi connectivity index (χ2n) is 6.57. The van der Waals surface area contributed by atoms with Crippen molar-refractivity contribution in [3.63, 3.8) is 0 Å². The van der Waals surface area contributed by atoms with Crippen LogP contribution in [0.3, 0.4) is 0 Å². The minimum atomic E-state index is -2.07. The van der Waals surface area contributed by atoms with E-state index in [9.17, 15) is 27.2 Å². The van der Waals surface area contributed by atoms with Crippen molar-refractivity contribution in [1.29, 1.82) is 0 Å². The molecule has 2 aromatic rings. The van der Waals surface area contributed by atoms with Gasteiger partial charge in [-0.05, 0) is 24.6 Å². The number of halogens is 4. The lowest BCUT2D eigenvalue weighted by atomic mass is 10.0. The van der Waals surface area contributed by atoms with E-state index in [-0.39, 0.29) is 0 Å². The second kappa shape index (κ2) is 8.21. The van der Waals surface area contributed by atoms with Crippen LogP contribution in [0.25, 0.3) is 0 Å². The number of fused-ring (bicyclic) bond motifs is 1. The summed E-state index contributed by atoms with van der Waals surface area (Å²) in [5.74, 6) is -8.69. The van der Waals surface area contributed by atoms with E-state index < -0.39 is 65.2 Å². The van der Waals surface area contributed by atoms with Crippen LogP contribution in [0.1, 0.15) is 40.9 Å². The molecule has 2 N–H and O–H groups in total. The Bertz CT molecular complexity index is 1030. The molecule has 0 aliphatic carbocycles. The maximum atomic E-state index is 14.2. The smallest absolute Gasteiger partial charge is 0.258 e. The zero-order valence-electron chi connectivity index (χ0n) is 16.1. The molecule has 0 fully saturated rings. The fourth-order valence-corrected chi connectivity index (χ4v) is 3.45. The van der Waals surface area contributed by atoms with Gasteiger partial charge in [0, 0.05) is 5.56 Å². The van der Waals surface area contributed by atoms with Crippen LogP contribution in [0.15, 0.2) is 18.2 Å². The van der Waals surface area contributed by atoms with Crippen LogP contribution in [0.4, 0.5) is 17.6 Å². The van der Waals surface area contributed by atoms with Gasteiger partial charge in [0.2, 0.25) is 5.91 Å². The summed E-state index contributed by atoms with van der Waals surface area (Å²) in [6, 6.07) is 3.50. The average Bonchev–Trinajstić information content (AvgIpc) is 3.06. The third-order valence-electron chi connectivity index (χ3n) is 4.81. The molecule has 0 bridgehead atoms. The molecule has 1 unspecified atom stereocenters. The zero-order valence-corrected chi connectivity index (χ0v) is 16.1. The van der Waals surface area contributed by atoms with E-state index in [0.29, 0.717) is 23.7 Å². The molecule has 6 nitrogen and oxygen atoms in total. The molecule has 1 aliphatic heterocycles. The van der Waals surface area contributed by atoms with Gasteiger partial charge in [-0.1, -0.05) is 6.07 Å². The maximum Gasteiger partial charge on any atom is 0.258 e. The van der Waals surface area contributed by atoms with Gasteiger partial charge in [0.15, 0.2) is 34.8 Å². The Kier molecular flexibility index (Phi) is 5.86. The molecule has 1 heterocycles. The predicted molar refractivity (Wildman–Crippen MR) is 96.9 cm³/mol. The van der Waals surface area contributed by atoms with Crippen molar-refractivity contribution in [3.8, 4) is 11.5 Å². The summed E-state index contributed by atoms with van der Waals surface area (Å²) in [6.07, 6.45) is -0.397. The number of benzene rings is 2. The first-order valence-electron chi connectivity index (χ1n) is 8.96. The SMILES string of the molecule is CCOc1cc(C(CC(N)=O)N2Cc3c(F)c(F)c(F)c(F)c3C2=O)ccc1OC. The van der Waals surface area contributed by atoms with E-state index >= 15 is 0 Å². The molecule has 2 aromatic carbocycles. The summed E-state index contributed by atoms with van der Waals surface area (Å²) in [5, 5.41) is 0. The maximum absolute atomic E-state index is 14.2. The number of rotatable bonds is 7. The van der Waals surface area contributed by atoms with Crippen molar-refractivity contribution in [2.75, 3.05) is 13.7 Å². The number of carbonyl (C=O) groups excluding carboxylic acids is 2. The van der Waals surface area contributed by atoms with E-state index in [4.69, 9.17) is 15.2 Å². The van der Waals surface area contributed by atoms with Gasteiger partial charge in [0.25, 0.3) is 5.91 Å². The number of nitrogens with two attached hydrogens (primary N) is 1. The number of ether oxygens (including phenoxy) is 2. The normalized spacial score (nSPS) is 13.9. The van der Waals surface area contributed by atoms with Crippen LogP contribution in [0, 0.1) is 23.3 Å². The van der Waals surface area contributed by atoms with Gasteiger partial charge in [-0.25, -0.2) is 17.6 Å². The van der Waals surface area contributed by atoms with Gasteiger partial charge in [-0.15, -0.1) is 0 Å². The van der Waals surface area contributed by atoms with E-state index in [1.165, 1.54) is 25.3 Å². The summed E-state index contributed by atoms with van der Waals surface area (Å²) in [4.78, 5) is 25.4. The number of primary amides is 1. The monoisotopic (exact) mass is 426 g/mol. The molecule has 0 aromatic heterocycles. The number of nitrogens with zero attached hydrogens (tertiary/aromatic N) is 1. The Labute approximate surface area is 169 Å². The molecule has 0 radical (unpaired) electrons. The molecule has 3 rings (SSSR count). The third-order valence-corrected chi connectivity index (χ3v) is 4.81. The van der Waals surface area contributed by atoms with Gasteiger partial charge < -0.3 is 20.1 Å². The van der Waals surface area contributed by atoms with Crippen molar-refractivity contribution < 1.29 is 36.6 Å². The fraction of sp³-hybridized carbons (Fsp3) is 0.300. The Morgan fingerprint density at radius 2 is 1.80 bits per heavy atom. The van der Waals surface area contributed by atoms with Gasteiger partial charge >= 0.3 is 0 Å². The van der Waals surface area contributed by atoms with Gasteiger partial charge in [0.1, 0.15) is 0 Å². The highest BCUT2D eigenvalue weighted by Crippen LogP contribution is 2.39. The first kappa shape index (κ1) is 21.4. The lowest BCUT2D eigenvalue weighted by molar-refractivity contribution is -0.119. The largest absolute Gasteiger partial charge is 0.493 e. The van der Waals surface area contributed by atoms with Crippen LogP contribution < -0.4 is 15.2 Å². The number of methoxy groups -OCH3 is 1. The van der Waals surface area contributed by atoms with Crippen LogP contribution in [-0.4, -0.2) is 30.4 Å². The van der Waals surface area contributed by atoms with Crippen LogP contribution in [0.5, 0.6) is 11.5 Å². The molecule has 2 amide bonds. The Morgan fingerprint density at radius 1 is 1.13 bits per heavy atom. The molecule has 160 valence electrons. The number of amides is 2. The predicted octanol–water partition coefficient (Wildman–Crippen LogP) is 3.22. The molecule has 0 saturated heterocycles. The van der Waals surface area contributed by atoms with Gasteiger partial charge in [-0.2, -0.15) is 0 Å². The van der Waals surface area contributed by atoms with Crippen LogP contribution in [-0.2, 0) is 11.3 Å². The minimum Gasteiger partial charge on any atom is -0.493 e. The average molecular weight is 426 g/mol. The second-order valence-corrected chi connectivity index (χ2v) is 6.57. The fourth-order valence-electron chi connectivity index (χ4n) is 3.45. The van der Waals surface area contributed by atoms with Gasteiger partial charge in [0.05, 0.1) is 38.3 Å². The lowest BCUT2D eigenvalue weighted by Gasteiger charge is -2.28. The van der Waals surface area contributed by atoms with E-state index in [1.54, 1.807) is 6.92 Å². The third kappa shape index (κ3) is 3.53. The summed E-state index contributed by atoms with van der Waals surface area (Å²) in [7, 11) is 1.42. The number of carbonyl (C=O) groups is 2. The van der Waals surface area contributed by atoms with Gasteiger partial charge in [-0.3, -0.25) is 9.59 Å². The Morgan fingerprint density at radius 3 is 2.40 bits per heavy atom. The van der Waals surface area contributed by atoms with E-state index in [0.717, 1.165) is 4.90 Å². The van der Waals surface area contributed by atoms with Crippen molar-refractivity contribution in [1.82, 2.24) is 4.90 Å². The quantitative estimate of drug-likeness (QED) is 0.419. The summed E-state index contributed by atoms with van der Waals surface area (Å²) in [6.45, 7) is 1.47. The molecule has 10 heteroatoms.